The second-order valence-electron chi connectivity index (χ2n) is 6.69. The number of benzene rings is 1. The Morgan fingerprint density at radius 2 is 1.85 bits per heavy atom. The van der Waals surface area contributed by atoms with Crippen LogP contribution >= 0.6 is 0 Å². The lowest BCUT2D eigenvalue weighted by Crippen LogP contribution is -2.57. The molecule has 1 heterocycles. The molecule has 2 unspecified atom stereocenters. The number of hydrogen-bond donors (Lipinski definition) is 1. The van der Waals surface area contributed by atoms with E-state index < -0.39 is 0 Å². The zero-order valence-corrected chi connectivity index (χ0v) is 12.7. The molecule has 2 atom stereocenters. The van der Waals surface area contributed by atoms with Crippen molar-refractivity contribution in [1.29, 1.82) is 0 Å². The highest BCUT2D eigenvalue weighted by molar-refractivity contribution is 5.15. The second kappa shape index (κ2) is 6.73. The predicted molar refractivity (Wildman–Crippen MR) is 84.7 cm³/mol. The summed E-state index contributed by atoms with van der Waals surface area (Å²) in [7, 11) is 0. The minimum absolute atomic E-state index is 0.624. The third-order valence-corrected chi connectivity index (χ3v) is 5.08. The van der Waals surface area contributed by atoms with E-state index in [1.165, 1.54) is 50.8 Å². The predicted octanol–water partition coefficient (Wildman–Crippen LogP) is 3.43. The van der Waals surface area contributed by atoms with Crippen molar-refractivity contribution in [2.75, 3.05) is 13.1 Å². The molecule has 110 valence electrons. The fourth-order valence-corrected chi connectivity index (χ4v) is 3.99. The highest BCUT2D eigenvalue weighted by Gasteiger charge is 2.32. The second-order valence-corrected chi connectivity index (χ2v) is 6.69. The van der Waals surface area contributed by atoms with Crippen LogP contribution in [0, 0.1) is 5.92 Å². The van der Waals surface area contributed by atoms with E-state index in [0.717, 1.165) is 18.5 Å². The average Bonchev–Trinajstić information content (AvgIpc) is 2.49. The largest absolute Gasteiger partial charge is 0.311 e. The van der Waals surface area contributed by atoms with Crippen LogP contribution in [-0.2, 0) is 6.54 Å². The quantitative estimate of drug-likeness (QED) is 0.907. The van der Waals surface area contributed by atoms with Crippen molar-refractivity contribution in [3.05, 3.63) is 35.9 Å². The maximum Gasteiger partial charge on any atom is 0.0253 e. The first kappa shape index (κ1) is 14.1. The van der Waals surface area contributed by atoms with Crippen LogP contribution < -0.4 is 5.32 Å². The summed E-state index contributed by atoms with van der Waals surface area (Å²) in [6.07, 6.45) is 7.20. The molecular weight excluding hydrogens is 244 g/mol. The molecule has 1 aromatic rings. The van der Waals surface area contributed by atoms with E-state index in [9.17, 15) is 0 Å². The van der Waals surface area contributed by atoms with Crippen molar-refractivity contribution < 1.29 is 0 Å². The van der Waals surface area contributed by atoms with Crippen LogP contribution in [0.2, 0.25) is 0 Å². The fraction of sp³-hybridized carbons (Fsp3) is 0.667. The lowest BCUT2D eigenvalue weighted by Gasteiger charge is -2.44. The molecule has 1 aromatic carbocycles. The maximum atomic E-state index is 3.70. The molecule has 3 rings (SSSR count). The first-order valence-corrected chi connectivity index (χ1v) is 8.34. The normalized spacial score (nSPS) is 29.4. The summed E-state index contributed by atoms with van der Waals surface area (Å²) in [5.41, 5.74) is 1.46. The first-order valence-electron chi connectivity index (χ1n) is 8.34. The first-order chi connectivity index (χ1) is 9.83. The van der Waals surface area contributed by atoms with Gasteiger partial charge in [0.1, 0.15) is 0 Å². The van der Waals surface area contributed by atoms with Gasteiger partial charge in [0.2, 0.25) is 0 Å². The van der Waals surface area contributed by atoms with E-state index in [1.807, 2.05) is 0 Å². The molecule has 0 spiro atoms. The number of hydrogen-bond acceptors (Lipinski definition) is 2. The van der Waals surface area contributed by atoms with Crippen LogP contribution in [0.25, 0.3) is 0 Å². The number of nitrogens with one attached hydrogen (secondary N) is 1. The Labute approximate surface area is 123 Å². The molecule has 2 heteroatoms. The lowest BCUT2D eigenvalue weighted by molar-refractivity contribution is 0.0689. The Kier molecular flexibility index (Phi) is 4.74. The summed E-state index contributed by atoms with van der Waals surface area (Å²) in [5.74, 6) is 0.910. The summed E-state index contributed by atoms with van der Waals surface area (Å²) in [4.78, 5) is 2.74. The molecular formula is C18H28N2. The van der Waals surface area contributed by atoms with E-state index in [4.69, 9.17) is 0 Å². The van der Waals surface area contributed by atoms with Crippen LogP contribution in [0.5, 0.6) is 0 Å². The average molecular weight is 272 g/mol. The third kappa shape index (κ3) is 3.42. The molecule has 20 heavy (non-hydrogen) atoms. The molecule has 1 saturated carbocycles. The van der Waals surface area contributed by atoms with Gasteiger partial charge in [-0.3, -0.25) is 4.90 Å². The SMILES string of the molecule is CC1CN(Cc2ccccc2)C(C2CCCCC2)CN1. The van der Waals surface area contributed by atoms with Crippen LogP contribution in [0.1, 0.15) is 44.6 Å². The van der Waals surface area contributed by atoms with Crippen LogP contribution in [0.15, 0.2) is 30.3 Å². The zero-order chi connectivity index (χ0) is 13.8. The highest BCUT2D eigenvalue weighted by Crippen LogP contribution is 2.30. The molecule has 1 aliphatic carbocycles. The molecule has 0 aromatic heterocycles. The molecule has 0 radical (unpaired) electrons. The summed E-state index contributed by atoms with van der Waals surface area (Å²) in [6.45, 7) is 5.80. The van der Waals surface area contributed by atoms with E-state index in [0.29, 0.717) is 6.04 Å². The Balaban J connectivity index is 1.69. The van der Waals surface area contributed by atoms with Gasteiger partial charge in [-0.1, -0.05) is 49.6 Å². The molecule has 0 amide bonds. The minimum atomic E-state index is 0.624. The molecule has 1 saturated heterocycles. The Bertz CT molecular complexity index is 397. The van der Waals surface area contributed by atoms with Crippen LogP contribution in [0.4, 0.5) is 0 Å². The van der Waals surface area contributed by atoms with Crippen molar-refractivity contribution in [3.63, 3.8) is 0 Å². The summed E-state index contributed by atoms with van der Waals surface area (Å²) in [6, 6.07) is 12.3. The number of piperazine rings is 1. The Morgan fingerprint density at radius 1 is 1.10 bits per heavy atom. The topological polar surface area (TPSA) is 15.3 Å². The van der Waals surface area contributed by atoms with Gasteiger partial charge in [0, 0.05) is 31.7 Å². The molecule has 2 fully saturated rings. The molecule has 1 aliphatic heterocycles. The monoisotopic (exact) mass is 272 g/mol. The van der Waals surface area contributed by atoms with Crippen molar-refractivity contribution in [1.82, 2.24) is 10.2 Å². The van der Waals surface area contributed by atoms with E-state index in [2.05, 4.69) is 47.5 Å². The number of nitrogens with zero attached hydrogens (tertiary/aromatic N) is 1. The van der Waals surface area contributed by atoms with Gasteiger partial charge in [-0.05, 0) is 31.2 Å². The van der Waals surface area contributed by atoms with Gasteiger partial charge in [0.15, 0.2) is 0 Å². The Morgan fingerprint density at radius 3 is 2.60 bits per heavy atom. The van der Waals surface area contributed by atoms with E-state index in [-0.39, 0.29) is 0 Å². The molecule has 1 N–H and O–H groups in total. The van der Waals surface area contributed by atoms with Gasteiger partial charge in [0.05, 0.1) is 0 Å². The molecule has 2 nitrogen and oxygen atoms in total. The van der Waals surface area contributed by atoms with Gasteiger partial charge < -0.3 is 5.32 Å². The smallest absolute Gasteiger partial charge is 0.0253 e. The highest BCUT2D eigenvalue weighted by atomic mass is 15.2. The summed E-state index contributed by atoms with van der Waals surface area (Å²) in [5, 5.41) is 3.70. The minimum Gasteiger partial charge on any atom is -0.311 e. The lowest BCUT2D eigenvalue weighted by atomic mass is 9.82. The molecule has 0 bridgehead atoms. The number of rotatable bonds is 3. The standard InChI is InChI=1S/C18H28N2/c1-15-13-20(14-16-8-4-2-5-9-16)18(12-19-15)17-10-6-3-7-11-17/h2,4-5,8-9,15,17-19H,3,6-7,10-14H2,1H3. The van der Waals surface area contributed by atoms with Crippen LogP contribution in [0.3, 0.4) is 0 Å². The van der Waals surface area contributed by atoms with Gasteiger partial charge in [-0.2, -0.15) is 0 Å². The maximum absolute atomic E-state index is 3.70. The zero-order valence-electron chi connectivity index (χ0n) is 12.7. The summed E-state index contributed by atoms with van der Waals surface area (Å²) < 4.78 is 0. The third-order valence-electron chi connectivity index (χ3n) is 5.08. The van der Waals surface area contributed by atoms with Crippen LogP contribution in [-0.4, -0.2) is 30.1 Å². The van der Waals surface area contributed by atoms with E-state index >= 15 is 0 Å². The summed E-state index contributed by atoms with van der Waals surface area (Å²) >= 11 is 0. The van der Waals surface area contributed by atoms with Gasteiger partial charge >= 0.3 is 0 Å². The van der Waals surface area contributed by atoms with Crippen molar-refractivity contribution in [2.24, 2.45) is 5.92 Å². The van der Waals surface area contributed by atoms with Crippen molar-refractivity contribution >= 4 is 0 Å². The van der Waals surface area contributed by atoms with Crippen molar-refractivity contribution in [3.8, 4) is 0 Å². The van der Waals surface area contributed by atoms with Gasteiger partial charge in [0.25, 0.3) is 0 Å². The van der Waals surface area contributed by atoms with Crippen molar-refractivity contribution in [2.45, 2.75) is 57.7 Å². The Hall–Kier alpha value is -0.860. The van der Waals surface area contributed by atoms with Gasteiger partial charge in [-0.25, -0.2) is 0 Å². The molecule has 2 aliphatic rings. The van der Waals surface area contributed by atoms with Gasteiger partial charge in [-0.15, -0.1) is 0 Å². The van der Waals surface area contributed by atoms with E-state index in [1.54, 1.807) is 0 Å². The fourth-order valence-electron chi connectivity index (χ4n) is 3.99.